The number of rotatable bonds is 6. The molecule has 0 saturated carbocycles. The molecule has 1 atom stereocenters. The summed E-state index contributed by atoms with van der Waals surface area (Å²) in [4.78, 5) is 12.5. The van der Waals surface area contributed by atoms with Crippen molar-refractivity contribution in [2.45, 2.75) is 11.0 Å². The van der Waals surface area contributed by atoms with Gasteiger partial charge in [-0.2, -0.15) is 0 Å². The van der Waals surface area contributed by atoms with Crippen LogP contribution in [0.1, 0.15) is 10.4 Å². The second-order valence-corrected chi connectivity index (χ2v) is 8.53. The van der Waals surface area contributed by atoms with E-state index in [1.54, 1.807) is 12.1 Å². The normalized spacial score (nSPS) is 15.2. The Labute approximate surface area is 178 Å². The molecule has 160 valence electrons. The first-order valence-electron chi connectivity index (χ1n) is 9.46. The summed E-state index contributed by atoms with van der Waals surface area (Å²) >= 11 is 0. The number of nitrogens with one attached hydrogen (secondary N) is 2. The average molecular weight is 442 g/mol. The molecule has 1 heterocycles. The number of halogens is 1. The predicted molar refractivity (Wildman–Crippen MR) is 112 cm³/mol. The summed E-state index contributed by atoms with van der Waals surface area (Å²) in [5.74, 6) is 0.336. The largest absolute Gasteiger partial charge is 0.486 e. The molecule has 1 aliphatic rings. The van der Waals surface area contributed by atoms with E-state index in [4.69, 9.17) is 9.47 Å². The van der Waals surface area contributed by atoms with Crippen molar-refractivity contribution < 1.29 is 27.1 Å². The van der Waals surface area contributed by atoms with Crippen LogP contribution in [0.3, 0.4) is 0 Å². The fourth-order valence-electron chi connectivity index (χ4n) is 3.01. The van der Waals surface area contributed by atoms with Gasteiger partial charge in [0.15, 0.2) is 11.5 Å². The van der Waals surface area contributed by atoms with E-state index < -0.39 is 21.7 Å². The van der Waals surface area contributed by atoms with Crippen LogP contribution in [0.5, 0.6) is 11.5 Å². The average Bonchev–Trinajstić information content (AvgIpc) is 2.79. The molecule has 3 aromatic carbocycles. The minimum atomic E-state index is -3.95. The first-order chi connectivity index (χ1) is 14.9. The van der Waals surface area contributed by atoms with Crippen LogP contribution in [0.25, 0.3) is 0 Å². The van der Waals surface area contributed by atoms with Crippen LogP contribution in [0.4, 0.5) is 10.1 Å². The van der Waals surface area contributed by atoms with Crippen molar-refractivity contribution in [3.8, 4) is 11.5 Å². The Balaban J connectivity index is 1.40. The Bertz CT molecular complexity index is 1200. The fourth-order valence-corrected chi connectivity index (χ4v) is 4.11. The topological polar surface area (TPSA) is 93.7 Å². The highest BCUT2D eigenvalue weighted by atomic mass is 32.2. The third kappa shape index (κ3) is 4.95. The molecule has 0 saturated heterocycles. The van der Waals surface area contributed by atoms with E-state index in [0.29, 0.717) is 11.5 Å². The van der Waals surface area contributed by atoms with Gasteiger partial charge in [0, 0.05) is 11.3 Å². The highest BCUT2D eigenvalue weighted by molar-refractivity contribution is 7.92. The number of fused-ring (bicyclic) bond motifs is 1. The van der Waals surface area contributed by atoms with E-state index in [0.717, 1.165) is 12.1 Å². The number of hydrogen-bond donors (Lipinski definition) is 2. The lowest BCUT2D eigenvalue weighted by Gasteiger charge is -2.26. The third-order valence-electron chi connectivity index (χ3n) is 4.56. The zero-order chi connectivity index (χ0) is 21.8. The van der Waals surface area contributed by atoms with E-state index in [-0.39, 0.29) is 35.4 Å². The highest BCUT2D eigenvalue weighted by Gasteiger charge is 2.22. The van der Waals surface area contributed by atoms with Crippen molar-refractivity contribution in [1.82, 2.24) is 5.32 Å². The van der Waals surface area contributed by atoms with E-state index in [9.17, 15) is 17.6 Å². The van der Waals surface area contributed by atoms with Gasteiger partial charge in [0.05, 0.1) is 11.4 Å². The van der Waals surface area contributed by atoms with Crippen LogP contribution in [0.15, 0.2) is 77.7 Å². The van der Waals surface area contributed by atoms with Gasteiger partial charge in [0.25, 0.3) is 15.9 Å². The molecule has 4 rings (SSSR count). The molecule has 1 aliphatic heterocycles. The molecule has 31 heavy (non-hydrogen) atoms. The van der Waals surface area contributed by atoms with Crippen molar-refractivity contribution in [2.24, 2.45) is 0 Å². The quantitative estimate of drug-likeness (QED) is 0.612. The molecule has 1 unspecified atom stereocenters. The van der Waals surface area contributed by atoms with E-state index in [2.05, 4.69) is 10.0 Å². The molecule has 0 aromatic heterocycles. The van der Waals surface area contributed by atoms with Gasteiger partial charge in [0.2, 0.25) is 0 Å². The summed E-state index contributed by atoms with van der Waals surface area (Å²) in [5, 5.41) is 2.73. The Kier molecular flexibility index (Phi) is 5.77. The number of para-hydroxylation sites is 2. The number of anilines is 1. The van der Waals surface area contributed by atoms with Gasteiger partial charge in [-0.1, -0.05) is 18.2 Å². The highest BCUT2D eigenvalue weighted by Crippen LogP contribution is 2.30. The van der Waals surface area contributed by atoms with E-state index >= 15 is 0 Å². The summed E-state index contributed by atoms with van der Waals surface area (Å²) in [6, 6.07) is 17.8. The minimum Gasteiger partial charge on any atom is -0.486 e. The minimum absolute atomic E-state index is 0.0874. The van der Waals surface area contributed by atoms with Crippen LogP contribution in [0.2, 0.25) is 0 Å². The van der Waals surface area contributed by atoms with Crippen molar-refractivity contribution in [1.29, 1.82) is 0 Å². The van der Waals surface area contributed by atoms with Gasteiger partial charge < -0.3 is 14.8 Å². The summed E-state index contributed by atoms with van der Waals surface area (Å²) in [5.41, 5.74) is 0.394. The fraction of sp³-hybridized carbons (Fsp3) is 0.136. The molecule has 0 radical (unpaired) electrons. The molecule has 9 heteroatoms. The molecular formula is C22H19FN2O5S. The monoisotopic (exact) mass is 442 g/mol. The first kappa shape index (κ1) is 20.7. The summed E-state index contributed by atoms with van der Waals surface area (Å²) in [7, 11) is -3.95. The van der Waals surface area contributed by atoms with Crippen LogP contribution in [-0.4, -0.2) is 33.6 Å². The maximum Gasteiger partial charge on any atom is 0.261 e. The zero-order valence-electron chi connectivity index (χ0n) is 16.2. The number of carbonyl (C=O) groups is 1. The zero-order valence-corrected chi connectivity index (χ0v) is 17.1. The second kappa shape index (κ2) is 8.65. The van der Waals surface area contributed by atoms with Crippen LogP contribution >= 0.6 is 0 Å². The van der Waals surface area contributed by atoms with Gasteiger partial charge in [-0.15, -0.1) is 0 Å². The maximum atomic E-state index is 13.0. The maximum absolute atomic E-state index is 13.0. The standard InChI is InChI=1S/C22H19FN2O5S/c23-16-8-10-17(11-9-16)25-31(27,28)19-5-3-4-15(12-19)22(26)24-13-18-14-29-20-6-1-2-7-21(20)30-18/h1-12,18,25H,13-14H2,(H,24,26). The van der Waals surface area contributed by atoms with Crippen molar-refractivity contribution in [2.75, 3.05) is 17.9 Å². The molecule has 7 nitrogen and oxygen atoms in total. The molecule has 0 fully saturated rings. The lowest BCUT2D eigenvalue weighted by Crippen LogP contribution is -2.40. The smallest absolute Gasteiger partial charge is 0.261 e. The van der Waals surface area contributed by atoms with Crippen molar-refractivity contribution in [3.63, 3.8) is 0 Å². The molecule has 0 aliphatic carbocycles. The van der Waals surface area contributed by atoms with Crippen LogP contribution in [-0.2, 0) is 10.0 Å². The summed E-state index contributed by atoms with van der Waals surface area (Å²) in [6.45, 7) is 0.477. The molecular weight excluding hydrogens is 423 g/mol. The van der Waals surface area contributed by atoms with E-state index in [1.807, 2.05) is 12.1 Å². The Morgan fingerprint density at radius 1 is 1.00 bits per heavy atom. The molecule has 0 bridgehead atoms. The van der Waals surface area contributed by atoms with Crippen LogP contribution in [0, 0.1) is 5.82 Å². The van der Waals surface area contributed by atoms with Crippen molar-refractivity contribution >= 4 is 21.6 Å². The molecule has 3 aromatic rings. The van der Waals surface area contributed by atoms with Gasteiger partial charge in [-0.25, -0.2) is 12.8 Å². The van der Waals surface area contributed by atoms with Gasteiger partial charge in [0.1, 0.15) is 18.5 Å². The molecule has 0 spiro atoms. The number of sulfonamides is 1. The van der Waals surface area contributed by atoms with Gasteiger partial charge >= 0.3 is 0 Å². The lowest BCUT2D eigenvalue weighted by molar-refractivity contribution is 0.0789. The number of hydrogen-bond acceptors (Lipinski definition) is 5. The number of benzene rings is 3. The summed E-state index contributed by atoms with van der Waals surface area (Å²) in [6.07, 6.45) is -0.370. The van der Waals surface area contributed by atoms with Crippen molar-refractivity contribution in [3.05, 3.63) is 84.2 Å². The predicted octanol–water partition coefficient (Wildman–Crippen LogP) is 3.20. The first-order valence-corrected chi connectivity index (χ1v) is 10.9. The third-order valence-corrected chi connectivity index (χ3v) is 5.94. The Morgan fingerprint density at radius 2 is 1.74 bits per heavy atom. The summed E-state index contributed by atoms with van der Waals surface area (Å²) < 4.78 is 52.0. The second-order valence-electron chi connectivity index (χ2n) is 6.85. The van der Waals surface area contributed by atoms with Gasteiger partial charge in [-0.3, -0.25) is 9.52 Å². The number of ether oxygens (including phenoxy) is 2. The Morgan fingerprint density at radius 3 is 2.52 bits per heavy atom. The van der Waals surface area contributed by atoms with Gasteiger partial charge in [-0.05, 0) is 54.6 Å². The van der Waals surface area contributed by atoms with Crippen LogP contribution < -0.4 is 19.5 Å². The number of amides is 1. The molecule has 1 amide bonds. The number of carbonyl (C=O) groups excluding carboxylic acids is 1. The lowest BCUT2D eigenvalue weighted by atomic mass is 10.2. The van der Waals surface area contributed by atoms with E-state index in [1.165, 1.54) is 36.4 Å². The Hall–Kier alpha value is -3.59. The SMILES string of the molecule is O=C(NCC1COc2ccccc2O1)c1cccc(S(=O)(=O)Nc2ccc(F)cc2)c1. The molecule has 2 N–H and O–H groups in total.